The third-order valence-electron chi connectivity index (χ3n) is 1.62. The second-order valence-electron chi connectivity index (χ2n) is 2.48. The molecule has 1 saturated heterocycles. The fraction of sp³-hybridized carbons (Fsp3) is 0.857. The Bertz CT molecular complexity index is 124. The molecule has 11 heavy (non-hydrogen) atoms. The van der Waals surface area contributed by atoms with Gasteiger partial charge in [-0.25, -0.2) is 0 Å². The van der Waals surface area contributed by atoms with Gasteiger partial charge in [0.05, 0.1) is 12.6 Å². The minimum absolute atomic E-state index is 0. The van der Waals surface area contributed by atoms with Crippen molar-refractivity contribution >= 4 is 19.4 Å². The second-order valence-corrected chi connectivity index (χ2v) is 2.48. The number of hydrogen-bond acceptors (Lipinski definition) is 2. The summed E-state index contributed by atoms with van der Waals surface area (Å²) < 4.78 is 5.09. The van der Waals surface area contributed by atoms with Gasteiger partial charge in [-0.15, -0.1) is 0 Å². The lowest BCUT2D eigenvalue weighted by Crippen LogP contribution is -2.34. The monoisotopic (exact) mass is 177 g/mol. The Kier molecular flexibility index (Phi) is 5.32. The maximum absolute atomic E-state index is 10.8. The van der Waals surface area contributed by atoms with E-state index in [1.165, 1.54) is 0 Å². The summed E-state index contributed by atoms with van der Waals surface area (Å²) in [5.74, 6) is 0.121. The largest absolute Gasteiger partial charge is 0.379 e. The summed E-state index contributed by atoms with van der Waals surface area (Å²) >= 11 is 0. The first kappa shape index (κ1) is 10.8. The normalized spacial score (nSPS) is 22.5. The van der Waals surface area contributed by atoms with Crippen molar-refractivity contribution in [3.8, 4) is 0 Å². The third-order valence-corrected chi connectivity index (χ3v) is 1.62. The Morgan fingerprint density at radius 3 is 2.91 bits per heavy atom. The summed E-state index contributed by atoms with van der Waals surface area (Å²) in [5.41, 5.74) is 0. The lowest BCUT2D eigenvalue weighted by atomic mass is 10.2. The molecule has 1 unspecified atom stereocenters. The van der Waals surface area contributed by atoms with E-state index in [1.807, 2.05) is 6.92 Å². The van der Waals surface area contributed by atoms with Gasteiger partial charge in [0.1, 0.15) is 0 Å². The highest BCUT2D eigenvalue weighted by molar-refractivity contribution is 7.59. The molecule has 66 valence electrons. The lowest BCUT2D eigenvalue weighted by Gasteiger charge is -2.08. The molecule has 0 aromatic heterocycles. The summed E-state index contributed by atoms with van der Waals surface area (Å²) in [6.07, 6.45) is 1.53. The Morgan fingerprint density at radius 2 is 2.45 bits per heavy atom. The Balaban J connectivity index is 0.000001000. The predicted octanol–water partition coefficient (Wildman–Crippen LogP) is 0.414. The smallest absolute Gasteiger partial charge is 0.220 e. The van der Waals surface area contributed by atoms with Crippen LogP contribution >= 0.6 is 13.5 Å². The topological polar surface area (TPSA) is 38.3 Å². The van der Waals surface area contributed by atoms with Crippen LogP contribution in [-0.4, -0.2) is 25.2 Å². The summed E-state index contributed by atoms with van der Waals surface area (Å²) in [7, 11) is 0. The first-order chi connectivity index (χ1) is 4.83. The fourth-order valence-corrected chi connectivity index (χ4v) is 0.978. The van der Waals surface area contributed by atoms with Gasteiger partial charge in [-0.05, 0) is 6.42 Å². The van der Waals surface area contributed by atoms with E-state index in [9.17, 15) is 4.79 Å². The second kappa shape index (κ2) is 5.43. The summed E-state index contributed by atoms with van der Waals surface area (Å²) in [6.45, 7) is 3.32. The highest BCUT2D eigenvalue weighted by Crippen LogP contribution is 2.02. The van der Waals surface area contributed by atoms with E-state index >= 15 is 0 Å². The average Bonchev–Trinajstić information content (AvgIpc) is 2.40. The van der Waals surface area contributed by atoms with Gasteiger partial charge in [-0.1, -0.05) is 6.92 Å². The molecule has 1 heterocycles. The van der Waals surface area contributed by atoms with Crippen molar-refractivity contribution in [1.29, 1.82) is 0 Å². The summed E-state index contributed by atoms with van der Waals surface area (Å²) in [4.78, 5) is 10.8. The molecule has 0 radical (unpaired) electrons. The molecule has 1 N–H and O–H groups in total. The molecule has 4 heteroatoms. The van der Waals surface area contributed by atoms with Crippen molar-refractivity contribution in [3.05, 3.63) is 0 Å². The Hall–Kier alpha value is -0.220. The molecule has 1 aliphatic rings. The first-order valence-electron chi connectivity index (χ1n) is 3.70. The molecule has 1 atom stereocenters. The van der Waals surface area contributed by atoms with Crippen LogP contribution in [0.25, 0.3) is 0 Å². The molecule has 0 aromatic rings. The number of carbonyl (C=O) groups is 1. The van der Waals surface area contributed by atoms with E-state index in [-0.39, 0.29) is 25.4 Å². The van der Waals surface area contributed by atoms with Gasteiger partial charge < -0.3 is 10.1 Å². The quantitative estimate of drug-likeness (QED) is 0.663. The van der Waals surface area contributed by atoms with Crippen molar-refractivity contribution in [2.24, 2.45) is 0 Å². The molecule has 1 aliphatic heterocycles. The van der Waals surface area contributed by atoms with E-state index in [1.54, 1.807) is 0 Å². The van der Waals surface area contributed by atoms with Crippen LogP contribution in [0.1, 0.15) is 19.8 Å². The minimum Gasteiger partial charge on any atom is -0.379 e. The van der Waals surface area contributed by atoms with Crippen LogP contribution in [0.2, 0.25) is 0 Å². The SMILES string of the molecule is CCC(=O)NC1CCOC1.S. The van der Waals surface area contributed by atoms with Crippen LogP contribution in [0, 0.1) is 0 Å². The van der Waals surface area contributed by atoms with Crippen molar-refractivity contribution in [2.45, 2.75) is 25.8 Å². The molecule has 1 amide bonds. The molecular weight excluding hydrogens is 162 g/mol. The average molecular weight is 177 g/mol. The molecule has 0 aliphatic carbocycles. The van der Waals surface area contributed by atoms with Crippen LogP contribution in [0.15, 0.2) is 0 Å². The van der Waals surface area contributed by atoms with Crippen LogP contribution in [0.4, 0.5) is 0 Å². The molecule has 3 nitrogen and oxygen atoms in total. The van der Waals surface area contributed by atoms with Crippen molar-refractivity contribution in [3.63, 3.8) is 0 Å². The van der Waals surface area contributed by atoms with Gasteiger partial charge in [0.15, 0.2) is 0 Å². The van der Waals surface area contributed by atoms with Gasteiger partial charge in [0.25, 0.3) is 0 Å². The predicted molar refractivity (Wildman–Crippen MR) is 48.0 cm³/mol. The van der Waals surface area contributed by atoms with Gasteiger partial charge in [-0.3, -0.25) is 4.79 Å². The van der Waals surface area contributed by atoms with E-state index in [0.29, 0.717) is 13.0 Å². The van der Waals surface area contributed by atoms with E-state index in [2.05, 4.69) is 5.32 Å². The van der Waals surface area contributed by atoms with E-state index < -0.39 is 0 Å². The number of rotatable bonds is 2. The zero-order valence-electron chi connectivity index (χ0n) is 6.72. The minimum atomic E-state index is 0. The molecule has 0 aromatic carbocycles. The molecule has 0 saturated carbocycles. The van der Waals surface area contributed by atoms with E-state index in [0.717, 1.165) is 13.0 Å². The number of carbonyl (C=O) groups excluding carboxylic acids is 1. The molecule has 1 rings (SSSR count). The summed E-state index contributed by atoms with van der Waals surface area (Å²) in [6, 6.07) is 0.271. The van der Waals surface area contributed by atoms with Gasteiger partial charge in [0.2, 0.25) is 5.91 Å². The highest BCUT2D eigenvalue weighted by atomic mass is 32.1. The first-order valence-corrected chi connectivity index (χ1v) is 3.70. The number of ether oxygens (including phenoxy) is 1. The van der Waals surface area contributed by atoms with Crippen LogP contribution < -0.4 is 5.32 Å². The zero-order valence-corrected chi connectivity index (χ0v) is 7.72. The maximum Gasteiger partial charge on any atom is 0.220 e. The van der Waals surface area contributed by atoms with Crippen molar-refractivity contribution in [2.75, 3.05) is 13.2 Å². The van der Waals surface area contributed by atoms with Crippen LogP contribution in [0.5, 0.6) is 0 Å². The standard InChI is InChI=1S/C7H13NO2.H2S/c1-2-7(9)8-6-3-4-10-5-6;/h6H,2-5H2,1H3,(H,8,9);1H2. The third kappa shape index (κ3) is 3.62. The highest BCUT2D eigenvalue weighted by Gasteiger charge is 2.16. The van der Waals surface area contributed by atoms with E-state index in [4.69, 9.17) is 4.74 Å². The number of nitrogens with one attached hydrogen (secondary N) is 1. The zero-order chi connectivity index (χ0) is 7.40. The van der Waals surface area contributed by atoms with Crippen LogP contribution in [-0.2, 0) is 9.53 Å². The number of hydrogen-bond donors (Lipinski definition) is 1. The lowest BCUT2D eigenvalue weighted by molar-refractivity contribution is -0.121. The maximum atomic E-state index is 10.8. The molecule has 0 bridgehead atoms. The van der Waals surface area contributed by atoms with Crippen LogP contribution in [0.3, 0.4) is 0 Å². The number of amides is 1. The Morgan fingerprint density at radius 1 is 1.73 bits per heavy atom. The van der Waals surface area contributed by atoms with Crippen molar-refractivity contribution in [1.82, 2.24) is 5.32 Å². The fourth-order valence-electron chi connectivity index (χ4n) is 0.978. The van der Waals surface area contributed by atoms with Gasteiger partial charge >= 0.3 is 0 Å². The summed E-state index contributed by atoms with van der Waals surface area (Å²) in [5, 5.41) is 2.86. The Labute approximate surface area is 73.9 Å². The molecule has 0 spiro atoms. The van der Waals surface area contributed by atoms with Gasteiger partial charge in [-0.2, -0.15) is 13.5 Å². The van der Waals surface area contributed by atoms with Crippen molar-refractivity contribution < 1.29 is 9.53 Å². The molecule has 1 fully saturated rings. The van der Waals surface area contributed by atoms with Gasteiger partial charge in [0, 0.05) is 13.0 Å². The molecular formula is C7H15NO2S.